The van der Waals surface area contributed by atoms with Gasteiger partial charge < -0.3 is 5.32 Å². The molecule has 1 heterocycles. The third-order valence-electron chi connectivity index (χ3n) is 1.25. The van der Waals surface area contributed by atoms with Crippen LogP contribution in [-0.4, -0.2) is 29.9 Å². The van der Waals surface area contributed by atoms with Crippen LogP contribution in [0.4, 0.5) is 4.79 Å². The molecule has 4 heteroatoms. The fourth-order valence-electron chi connectivity index (χ4n) is 0.775. The highest BCUT2D eigenvalue weighted by Crippen LogP contribution is 1.95. The zero-order valence-corrected chi connectivity index (χ0v) is 5.18. The number of nitrogens with zero attached hydrogens (tertiary/aromatic N) is 1. The summed E-state index contributed by atoms with van der Waals surface area (Å²) in [6, 6.07) is -0.275. The molecule has 50 valence electrons. The van der Waals surface area contributed by atoms with Crippen molar-refractivity contribution >= 4 is 11.9 Å². The Bertz CT molecular complexity index is 139. The van der Waals surface area contributed by atoms with Crippen molar-refractivity contribution in [1.29, 1.82) is 0 Å². The first-order valence-electron chi connectivity index (χ1n) is 2.84. The van der Waals surface area contributed by atoms with Crippen LogP contribution in [0.5, 0.6) is 0 Å². The first-order valence-corrected chi connectivity index (χ1v) is 2.84. The van der Waals surface area contributed by atoms with Gasteiger partial charge in [-0.2, -0.15) is 0 Å². The third-order valence-corrected chi connectivity index (χ3v) is 1.25. The summed E-state index contributed by atoms with van der Waals surface area (Å²) < 4.78 is 0. The second-order valence-corrected chi connectivity index (χ2v) is 1.80. The number of carbonyl (C=O) groups excluding carboxylic acids is 2. The van der Waals surface area contributed by atoms with Crippen LogP contribution >= 0.6 is 0 Å². The Morgan fingerprint density at radius 1 is 1.67 bits per heavy atom. The molecule has 0 aromatic rings. The second kappa shape index (κ2) is 2.05. The van der Waals surface area contributed by atoms with E-state index in [1.807, 2.05) is 0 Å². The molecule has 0 aromatic heterocycles. The number of hydrogen-bond donors (Lipinski definition) is 1. The van der Waals surface area contributed by atoms with Crippen molar-refractivity contribution in [2.24, 2.45) is 0 Å². The van der Waals surface area contributed by atoms with Crippen LogP contribution in [0, 0.1) is 0 Å². The smallest absolute Gasteiger partial charge is 0.324 e. The minimum Gasteiger partial charge on any atom is -0.329 e. The first kappa shape index (κ1) is 6.07. The fourth-order valence-corrected chi connectivity index (χ4v) is 0.775. The molecule has 0 unspecified atom stereocenters. The van der Waals surface area contributed by atoms with Gasteiger partial charge in [0.2, 0.25) is 5.91 Å². The molecule has 1 fully saturated rings. The highest BCUT2D eigenvalue weighted by Gasteiger charge is 2.25. The molecule has 0 bridgehead atoms. The molecule has 1 saturated heterocycles. The largest absolute Gasteiger partial charge is 0.329 e. The molecule has 3 amide bonds. The molecule has 1 aliphatic rings. The Morgan fingerprint density at radius 3 is 2.56 bits per heavy atom. The van der Waals surface area contributed by atoms with Gasteiger partial charge >= 0.3 is 6.03 Å². The summed E-state index contributed by atoms with van der Waals surface area (Å²) in [5.74, 6) is -0.137. The maximum absolute atomic E-state index is 10.7. The number of amides is 3. The summed E-state index contributed by atoms with van der Waals surface area (Å²) in [5.41, 5.74) is 0. The van der Waals surface area contributed by atoms with Gasteiger partial charge in [0.1, 0.15) is 0 Å². The maximum atomic E-state index is 10.7. The van der Waals surface area contributed by atoms with Crippen LogP contribution in [0.25, 0.3) is 0 Å². The topological polar surface area (TPSA) is 49.4 Å². The fraction of sp³-hybridized carbons (Fsp3) is 0.600. The van der Waals surface area contributed by atoms with E-state index in [0.29, 0.717) is 6.54 Å². The molecular weight excluding hydrogens is 120 g/mol. The van der Waals surface area contributed by atoms with Crippen molar-refractivity contribution in [3.05, 3.63) is 0 Å². The highest BCUT2D eigenvalue weighted by molar-refractivity contribution is 6.01. The Labute approximate surface area is 52.8 Å². The van der Waals surface area contributed by atoms with Gasteiger partial charge in [-0.1, -0.05) is 0 Å². The quantitative estimate of drug-likeness (QED) is 0.486. The van der Waals surface area contributed by atoms with Crippen molar-refractivity contribution in [3.63, 3.8) is 0 Å². The van der Waals surface area contributed by atoms with Gasteiger partial charge in [-0.15, -0.1) is 0 Å². The molecule has 0 radical (unpaired) electrons. The van der Waals surface area contributed by atoms with E-state index in [-0.39, 0.29) is 18.5 Å². The maximum Gasteiger partial charge on any atom is 0.324 e. The summed E-state index contributed by atoms with van der Waals surface area (Å²) in [4.78, 5) is 22.4. The first-order chi connectivity index (χ1) is 4.25. The van der Waals surface area contributed by atoms with Gasteiger partial charge in [0, 0.05) is 6.54 Å². The lowest BCUT2D eigenvalue weighted by molar-refractivity contribution is -0.124. The third kappa shape index (κ3) is 0.872. The standard InChI is InChI=1S/C5H8N2O2/c1-2-7-4(8)3-6-5(7)9/h2-3H2,1H3,(H,6,9). The molecule has 1 aliphatic heterocycles. The van der Waals surface area contributed by atoms with Crippen LogP contribution in [0.3, 0.4) is 0 Å². The number of carbonyl (C=O) groups is 2. The molecule has 1 N–H and O–H groups in total. The molecule has 1 rings (SSSR count). The molecule has 0 aromatic carbocycles. The van der Waals surface area contributed by atoms with E-state index in [1.165, 1.54) is 4.90 Å². The number of rotatable bonds is 1. The molecule has 0 spiro atoms. The van der Waals surface area contributed by atoms with E-state index in [9.17, 15) is 9.59 Å². The van der Waals surface area contributed by atoms with Crippen LogP contribution in [0.2, 0.25) is 0 Å². The summed E-state index contributed by atoms with van der Waals surface area (Å²) in [6.07, 6.45) is 0. The van der Waals surface area contributed by atoms with Crippen molar-refractivity contribution < 1.29 is 9.59 Å². The Morgan fingerprint density at radius 2 is 2.33 bits per heavy atom. The molecule has 0 atom stereocenters. The van der Waals surface area contributed by atoms with Gasteiger partial charge in [-0.05, 0) is 6.92 Å². The minimum atomic E-state index is -0.275. The predicted molar refractivity (Wildman–Crippen MR) is 30.8 cm³/mol. The number of likely N-dealkylation sites (N-methyl/N-ethyl adjacent to an activating group) is 1. The van der Waals surface area contributed by atoms with Gasteiger partial charge in [-0.3, -0.25) is 9.69 Å². The van der Waals surface area contributed by atoms with Gasteiger partial charge in [-0.25, -0.2) is 4.79 Å². The Hall–Kier alpha value is -1.06. The molecule has 4 nitrogen and oxygen atoms in total. The zero-order chi connectivity index (χ0) is 6.85. The Kier molecular flexibility index (Phi) is 1.38. The van der Waals surface area contributed by atoms with Crippen LogP contribution in [0.15, 0.2) is 0 Å². The van der Waals surface area contributed by atoms with Crippen LogP contribution in [0.1, 0.15) is 6.92 Å². The van der Waals surface area contributed by atoms with Crippen LogP contribution < -0.4 is 5.32 Å². The van der Waals surface area contributed by atoms with Gasteiger partial charge in [0.25, 0.3) is 0 Å². The summed E-state index contributed by atoms with van der Waals surface area (Å²) in [6.45, 7) is 2.39. The number of nitrogens with one attached hydrogen (secondary N) is 1. The lowest BCUT2D eigenvalue weighted by Gasteiger charge is -2.06. The normalized spacial score (nSPS) is 18.6. The van der Waals surface area contributed by atoms with E-state index in [1.54, 1.807) is 6.92 Å². The van der Waals surface area contributed by atoms with Gasteiger partial charge in [0.15, 0.2) is 0 Å². The van der Waals surface area contributed by atoms with Crippen molar-refractivity contribution in [2.45, 2.75) is 6.92 Å². The van der Waals surface area contributed by atoms with E-state index >= 15 is 0 Å². The van der Waals surface area contributed by atoms with Crippen molar-refractivity contribution in [1.82, 2.24) is 10.2 Å². The van der Waals surface area contributed by atoms with E-state index in [2.05, 4.69) is 5.32 Å². The van der Waals surface area contributed by atoms with E-state index in [4.69, 9.17) is 0 Å². The molecule has 0 aliphatic carbocycles. The van der Waals surface area contributed by atoms with Gasteiger partial charge in [0.05, 0.1) is 6.54 Å². The lowest BCUT2D eigenvalue weighted by atomic mass is 10.5. The monoisotopic (exact) mass is 128 g/mol. The molecule has 9 heavy (non-hydrogen) atoms. The Balaban J connectivity index is 2.66. The summed E-state index contributed by atoms with van der Waals surface area (Å²) in [7, 11) is 0. The van der Waals surface area contributed by atoms with Crippen molar-refractivity contribution in [2.75, 3.05) is 13.1 Å². The summed E-state index contributed by atoms with van der Waals surface area (Å²) >= 11 is 0. The number of imide groups is 1. The van der Waals surface area contributed by atoms with Crippen LogP contribution in [-0.2, 0) is 4.79 Å². The molecule has 0 saturated carbocycles. The van der Waals surface area contributed by atoms with Crippen molar-refractivity contribution in [3.8, 4) is 0 Å². The minimum absolute atomic E-state index is 0.137. The predicted octanol–water partition coefficient (Wildman–Crippen LogP) is -0.442. The zero-order valence-electron chi connectivity index (χ0n) is 5.18. The van der Waals surface area contributed by atoms with E-state index in [0.717, 1.165) is 0 Å². The summed E-state index contributed by atoms with van der Waals surface area (Å²) in [5, 5.41) is 2.41. The SMILES string of the molecule is CCN1C(=O)CNC1=O. The number of urea groups is 1. The second-order valence-electron chi connectivity index (χ2n) is 1.80. The lowest BCUT2D eigenvalue weighted by Crippen LogP contribution is -2.30. The average molecular weight is 128 g/mol. The average Bonchev–Trinajstić information content (AvgIpc) is 2.12. The highest BCUT2D eigenvalue weighted by atomic mass is 16.2. The molecular formula is C5H8N2O2. The van der Waals surface area contributed by atoms with E-state index < -0.39 is 0 Å². The number of hydrogen-bond acceptors (Lipinski definition) is 2.